The molecule has 1 atom stereocenters. The van der Waals surface area contributed by atoms with Crippen molar-refractivity contribution in [1.82, 2.24) is 14.9 Å². The first-order chi connectivity index (χ1) is 9.22. The molecule has 0 spiro atoms. The van der Waals surface area contributed by atoms with Crippen LogP contribution in [0.5, 0.6) is 0 Å². The van der Waals surface area contributed by atoms with Gasteiger partial charge in [0.25, 0.3) is 0 Å². The quantitative estimate of drug-likeness (QED) is 0.885. The second-order valence-electron chi connectivity index (χ2n) is 4.24. The highest BCUT2D eigenvalue weighted by atomic mass is 32.1. The lowest BCUT2D eigenvalue weighted by molar-refractivity contribution is 0.479. The van der Waals surface area contributed by atoms with Crippen LogP contribution in [0.15, 0.2) is 24.4 Å². The van der Waals surface area contributed by atoms with Crippen LogP contribution in [-0.2, 0) is 6.42 Å². The summed E-state index contributed by atoms with van der Waals surface area (Å²) in [5, 5.41) is 7.10. The van der Waals surface area contributed by atoms with Crippen LogP contribution in [0.4, 0.5) is 8.78 Å². The third-order valence-corrected chi connectivity index (χ3v) is 3.59. The molecule has 0 saturated carbocycles. The van der Waals surface area contributed by atoms with E-state index in [9.17, 15) is 8.78 Å². The largest absolute Gasteiger partial charge is 0.309 e. The Morgan fingerprint density at radius 1 is 1.37 bits per heavy atom. The van der Waals surface area contributed by atoms with Crippen molar-refractivity contribution in [2.24, 2.45) is 0 Å². The third kappa shape index (κ3) is 3.54. The van der Waals surface area contributed by atoms with E-state index in [0.29, 0.717) is 12.0 Å². The number of nitrogens with one attached hydrogen (secondary N) is 1. The van der Waals surface area contributed by atoms with Gasteiger partial charge in [0.1, 0.15) is 0 Å². The zero-order chi connectivity index (χ0) is 13.7. The first-order valence-electron chi connectivity index (χ1n) is 6.16. The first-order valence-corrected chi connectivity index (χ1v) is 6.93. The predicted molar refractivity (Wildman–Crippen MR) is 71.0 cm³/mol. The highest BCUT2D eigenvalue weighted by Gasteiger charge is 2.17. The summed E-state index contributed by atoms with van der Waals surface area (Å²) in [6.07, 6.45) is 3.01. The summed E-state index contributed by atoms with van der Waals surface area (Å²) >= 11 is 1.27. The summed E-state index contributed by atoms with van der Waals surface area (Å²) < 4.78 is 30.7. The van der Waals surface area contributed by atoms with Gasteiger partial charge < -0.3 is 5.32 Å². The smallest absolute Gasteiger partial charge is 0.162 e. The summed E-state index contributed by atoms with van der Waals surface area (Å²) in [6.45, 7) is 2.86. The molecular formula is C13H15F2N3S. The van der Waals surface area contributed by atoms with Crippen LogP contribution < -0.4 is 5.32 Å². The average Bonchev–Trinajstić information content (AvgIpc) is 2.93. The second-order valence-corrected chi connectivity index (χ2v) is 5.06. The van der Waals surface area contributed by atoms with Crippen LogP contribution in [0.2, 0.25) is 0 Å². The Balaban J connectivity index is 2.18. The zero-order valence-corrected chi connectivity index (χ0v) is 11.4. The van der Waals surface area contributed by atoms with Gasteiger partial charge in [0.2, 0.25) is 0 Å². The average molecular weight is 283 g/mol. The van der Waals surface area contributed by atoms with Gasteiger partial charge in [-0.25, -0.2) is 8.78 Å². The molecule has 0 aliphatic carbocycles. The monoisotopic (exact) mass is 283 g/mol. The molecule has 1 unspecified atom stereocenters. The van der Waals surface area contributed by atoms with E-state index in [1.165, 1.54) is 17.6 Å². The molecule has 0 radical (unpaired) electrons. The zero-order valence-electron chi connectivity index (χ0n) is 10.6. The number of aromatic nitrogens is 2. The van der Waals surface area contributed by atoms with Gasteiger partial charge in [-0.05, 0) is 42.5 Å². The lowest BCUT2D eigenvalue weighted by atomic mass is 10.0. The summed E-state index contributed by atoms with van der Waals surface area (Å²) in [7, 11) is 0. The fourth-order valence-electron chi connectivity index (χ4n) is 1.85. The Morgan fingerprint density at radius 3 is 2.89 bits per heavy atom. The van der Waals surface area contributed by atoms with Crippen molar-refractivity contribution in [2.75, 3.05) is 6.54 Å². The maximum atomic E-state index is 13.7. The van der Waals surface area contributed by atoms with Crippen molar-refractivity contribution in [3.05, 3.63) is 46.5 Å². The highest BCUT2D eigenvalue weighted by Crippen LogP contribution is 2.22. The van der Waals surface area contributed by atoms with Gasteiger partial charge in [0, 0.05) is 6.04 Å². The van der Waals surface area contributed by atoms with E-state index in [1.807, 2.05) is 0 Å². The molecule has 1 N–H and O–H groups in total. The number of hydrogen-bond acceptors (Lipinski definition) is 4. The summed E-state index contributed by atoms with van der Waals surface area (Å²) in [6, 6.07) is 4.17. The summed E-state index contributed by atoms with van der Waals surface area (Å²) in [5.41, 5.74) is 0.363. The Hall–Kier alpha value is -1.40. The lowest BCUT2D eigenvalue weighted by Crippen LogP contribution is -2.23. The maximum absolute atomic E-state index is 13.7. The maximum Gasteiger partial charge on any atom is 0.162 e. The van der Waals surface area contributed by atoms with Crippen molar-refractivity contribution in [3.8, 4) is 0 Å². The normalized spacial score (nSPS) is 12.6. The van der Waals surface area contributed by atoms with Gasteiger partial charge >= 0.3 is 0 Å². The Labute approximate surface area is 114 Å². The van der Waals surface area contributed by atoms with Crippen LogP contribution in [0.1, 0.15) is 29.8 Å². The molecule has 0 fully saturated rings. The first kappa shape index (κ1) is 14.0. The van der Waals surface area contributed by atoms with E-state index < -0.39 is 11.6 Å². The standard InChI is InChI=1S/C13H15F2N3S/c1-2-6-16-11(12-8-17-18-19-12)7-9-4-3-5-10(14)13(9)15/h3-5,8,11,16H,2,6-7H2,1H3. The SMILES string of the molecule is CCCNC(Cc1cccc(F)c1F)c1cnns1. The molecule has 19 heavy (non-hydrogen) atoms. The van der Waals surface area contributed by atoms with Crippen LogP contribution in [0, 0.1) is 11.6 Å². The van der Waals surface area contributed by atoms with Gasteiger partial charge in [-0.15, -0.1) is 5.10 Å². The molecule has 102 valence electrons. The second kappa shape index (κ2) is 6.68. The van der Waals surface area contributed by atoms with Crippen LogP contribution in [-0.4, -0.2) is 16.1 Å². The van der Waals surface area contributed by atoms with E-state index >= 15 is 0 Å². The molecule has 0 amide bonds. The summed E-state index contributed by atoms with van der Waals surface area (Å²) in [4.78, 5) is 0.928. The minimum atomic E-state index is -0.811. The van der Waals surface area contributed by atoms with Crippen molar-refractivity contribution in [1.29, 1.82) is 0 Å². The molecule has 1 heterocycles. The minimum absolute atomic E-state index is 0.0868. The van der Waals surface area contributed by atoms with Crippen molar-refractivity contribution in [3.63, 3.8) is 0 Å². The molecule has 6 heteroatoms. The van der Waals surface area contributed by atoms with Crippen molar-refractivity contribution in [2.45, 2.75) is 25.8 Å². The molecule has 2 aromatic rings. The van der Waals surface area contributed by atoms with Gasteiger partial charge in [-0.3, -0.25) is 0 Å². The van der Waals surface area contributed by atoms with Gasteiger partial charge in [-0.2, -0.15) is 0 Å². The van der Waals surface area contributed by atoms with Gasteiger partial charge in [0.15, 0.2) is 11.6 Å². The highest BCUT2D eigenvalue weighted by molar-refractivity contribution is 7.05. The van der Waals surface area contributed by atoms with Crippen molar-refractivity contribution < 1.29 is 8.78 Å². The number of halogens is 2. The molecule has 1 aromatic carbocycles. The van der Waals surface area contributed by atoms with E-state index in [0.717, 1.165) is 23.9 Å². The van der Waals surface area contributed by atoms with Crippen LogP contribution >= 0.6 is 11.5 Å². The molecule has 0 aliphatic heterocycles. The summed E-state index contributed by atoms with van der Waals surface area (Å²) in [5.74, 6) is -1.59. The molecule has 3 nitrogen and oxygen atoms in total. The van der Waals surface area contributed by atoms with Crippen LogP contribution in [0.25, 0.3) is 0 Å². The Kier molecular flexibility index (Phi) is 4.93. The molecule has 1 aromatic heterocycles. The van der Waals surface area contributed by atoms with Crippen molar-refractivity contribution >= 4 is 11.5 Å². The molecule has 0 bridgehead atoms. The van der Waals surface area contributed by atoms with E-state index in [4.69, 9.17) is 0 Å². The molecular weight excluding hydrogens is 268 g/mol. The molecule has 2 rings (SSSR count). The van der Waals surface area contributed by atoms with Gasteiger partial charge in [-0.1, -0.05) is 23.5 Å². The Bertz CT molecular complexity index is 517. The number of hydrogen-bond donors (Lipinski definition) is 1. The number of nitrogens with zero attached hydrogens (tertiary/aromatic N) is 2. The van der Waals surface area contributed by atoms with E-state index in [2.05, 4.69) is 21.8 Å². The third-order valence-electron chi connectivity index (χ3n) is 2.82. The van der Waals surface area contributed by atoms with Crippen LogP contribution in [0.3, 0.4) is 0 Å². The molecule has 0 saturated heterocycles. The van der Waals surface area contributed by atoms with Gasteiger partial charge in [0.05, 0.1) is 11.1 Å². The minimum Gasteiger partial charge on any atom is -0.309 e. The van der Waals surface area contributed by atoms with E-state index in [1.54, 1.807) is 12.3 Å². The Morgan fingerprint density at radius 2 is 2.21 bits per heavy atom. The number of benzene rings is 1. The molecule has 0 aliphatic rings. The van der Waals surface area contributed by atoms with E-state index in [-0.39, 0.29) is 6.04 Å². The topological polar surface area (TPSA) is 37.8 Å². The fourth-order valence-corrected chi connectivity index (χ4v) is 2.42. The fraction of sp³-hybridized carbons (Fsp3) is 0.385. The number of rotatable bonds is 6. The lowest BCUT2D eigenvalue weighted by Gasteiger charge is -2.16. The predicted octanol–water partition coefficient (Wildman–Crippen LogP) is 3.10.